The first-order valence-electron chi connectivity index (χ1n) is 10.9. The Labute approximate surface area is 187 Å². The standard InChI is InChI=1S/C25H29ClO3S/c1-2-15-5-3-6-16(11-15)17-9-10-20-19(21(26)14-22(20)27)7-4-8-23-18(12-17)13-24(30-23)25(28)29/h3,5-6,11-13,19-22,27H,2,4,7-10,14H2,1H3,(H,28,29)/b17-12+/t19-,20-,21-,22-/m1/s1. The van der Waals surface area contributed by atoms with Gasteiger partial charge in [-0.1, -0.05) is 37.3 Å². The normalized spacial score (nSPS) is 28.7. The lowest BCUT2D eigenvalue weighted by atomic mass is 9.84. The molecular formula is C25H29ClO3S. The molecule has 4 atom stereocenters. The topological polar surface area (TPSA) is 57.5 Å². The van der Waals surface area contributed by atoms with Gasteiger partial charge in [0.1, 0.15) is 4.88 Å². The van der Waals surface area contributed by atoms with Gasteiger partial charge in [-0.25, -0.2) is 4.79 Å². The molecule has 1 saturated carbocycles. The number of halogens is 1. The smallest absolute Gasteiger partial charge is 0.345 e. The Morgan fingerprint density at radius 2 is 2.03 bits per heavy atom. The Hall–Kier alpha value is -1.62. The van der Waals surface area contributed by atoms with E-state index < -0.39 is 5.97 Å². The minimum atomic E-state index is -0.859. The highest BCUT2D eigenvalue weighted by molar-refractivity contribution is 7.14. The molecule has 2 aromatic rings. The first kappa shape index (κ1) is 21.6. The number of hydrogen-bond donors (Lipinski definition) is 2. The van der Waals surface area contributed by atoms with Crippen molar-refractivity contribution in [1.82, 2.24) is 0 Å². The lowest BCUT2D eigenvalue weighted by Crippen LogP contribution is -2.21. The fraction of sp³-hybridized carbons (Fsp3) is 0.480. The number of aliphatic hydroxyl groups excluding tert-OH is 1. The molecule has 1 heterocycles. The second kappa shape index (κ2) is 9.25. The molecule has 0 amide bonds. The number of alkyl halides is 1. The summed E-state index contributed by atoms with van der Waals surface area (Å²) in [4.78, 5) is 13.1. The SMILES string of the molecule is CCc1cccc(/C2=C/c3cc(C(=O)O)sc3CCC[C@@H]3[C@@H](CC2)[C@H](O)C[C@H]3Cl)c1. The van der Waals surface area contributed by atoms with Gasteiger partial charge in [0.25, 0.3) is 0 Å². The summed E-state index contributed by atoms with van der Waals surface area (Å²) in [6, 6.07) is 10.4. The van der Waals surface area contributed by atoms with Crippen molar-refractivity contribution in [3.8, 4) is 0 Å². The number of rotatable bonds is 3. The van der Waals surface area contributed by atoms with Crippen molar-refractivity contribution in [2.45, 2.75) is 63.4 Å². The van der Waals surface area contributed by atoms with Gasteiger partial charge < -0.3 is 10.2 Å². The molecule has 2 aliphatic rings. The van der Waals surface area contributed by atoms with Crippen LogP contribution in [0.4, 0.5) is 0 Å². The van der Waals surface area contributed by atoms with Crippen molar-refractivity contribution in [3.05, 3.63) is 56.8 Å². The average molecular weight is 445 g/mol. The van der Waals surface area contributed by atoms with Crippen LogP contribution in [0.1, 0.15) is 70.3 Å². The van der Waals surface area contributed by atoms with Crippen LogP contribution < -0.4 is 0 Å². The third-order valence-electron chi connectivity index (χ3n) is 6.75. The van der Waals surface area contributed by atoms with Crippen molar-refractivity contribution in [2.75, 3.05) is 0 Å². The van der Waals surface area contributed by atoms with Gasteiger partial charge in [-0.3, -0.25) is 0 Å². The summed E-state index contributed by atoms with van der Waals surface area (Å²) in [5, 5.41) is 20.2. The summed E-state index contributed by atoms with van der Waals surface area (Å²) in [7, 11) is 0. The quantitative estimate of drug-likeness (QED) is 0.548. The van der Waals surface area contributed by atoms with Gasteiger partial charge in [-0.2, -0.15) is 0 Å². The van der Waals surface area contributed by atoms with E-state index in [4.69, 9.17) is 11.6 Å². The zero-order valence-electron chi connectivity index (χ0n) is 17.3. The van der Waals surface area contributed by atoms with Crippen LogP contribution in [0.15, 0.2) is 30.3 Å². The fourth-order valence-electron chi connectivity index (χ4n) is 5.10. The monoisotopic (exact) mass is 444 g/mol. The molecule has 0 unspecified atom stereocenters. The maximum absolute atomic E-state index is 11.6. The van der Waals surface area contributed by atoms with E-state index >= 15 is 0 Å². The number of aromatic carboxylic acids is 1. The van der Waals surface area contributed by atoms with Gasteiger partial charge >= 0.3 is 5.97 Å². The molecule has 0 saturated heterocycles. The molecule has 0 bridgehead atoms. The Balaban J connectivity index is 1.76. The number of fused-ring (bicyclic) bond motifs is 2. The molecule has 0 aliphatic heterocycles. The minimum Gasteiger partial charge on any atom is -0.477 e. The summed E-state index contributed by atoms with van der Waals surface area (Å²) >= 11 is 8.02. The Morgan fingerprint density at radius 3 is 2.80 bits per heavy atom. The Bertz CT molecular complexity index is 948. The lowest BCUT2D eigenvalue weighted by molar-refractivity contribution is 0.0702. The van der Waals surface area contributed by atoms with Gasteiger partial charge in [0.05, 0.1) is 6.10 Å². The van der Waals surface area contributed by atoms with E-state index in [2.05, 4.69) is 37.3 Å². The van der Waals surface area contributed by atoms with Crippen LogP contribution in [-0.4, -0.2) is 27.7 Å². The first-order chi connectivity index (χ1) is 14.5. The predicted octanol–water partition coefficient (Wildman–Crippen LogP) is 6.27. The number of carbonyl (C=O) groups is 1. The molecule has 5 heteroatoms. The number of allylic oxidation sites excluding steroid dienone is 1. The second-order valence-corrected chi connectivity index (χ2v) is 10.3. The number of aliphatic hydroxyl groups is 1. The van der Waals surface area contributed by atoms with Crippen molar-refractivity contribution in [3.63, 3.8) is 0 Å². The molecule has 2 aliphatic carbocycles. The third-order valence-corrected chi connectivity index (χ3v) is 8.45. The van der Waals surface area contributed by atoms with Crippen LogP contribution in [0.25, 0.3) is 11.6 Å². The van der Waals surface area contributed by atoms with E-state index in [9.17, 15) is 15.0 Å². The molecule has 1 aromatic heterocycles. The number of benzene rings is 1. The molecule has 4 rings (SSSR count). The van der Waals surface area contributed by atoms with E-state index in [1.54, 1.807) is 0 Å². The molecule has 1 aromatic carbocycles. The zero-order chi connectivity index (χ0) is 21.3. The van der Waals surface area contributed by atoms with Crippen LogP contribution in [0, 0.1) is 11.8 Å². The van der Waals surface area contributed by atoms with Crippen molar-refractivity contribution in [2.24, 2.45) is 11.8 Å². The maximum Gasteiger partial charge on any atom is 0.345 e. The summed E-state index contributed by atoms with van der Waals surface area (Å²) in [5.74, 6) is -0.302. The number of carboxylic acid groups (broad SMARTS) is 1. The molecular weight excluding hydrogens is 416 g/mol. The highest BCUT2D eigenvalue weighted by atomic mass is 35.5. The van der Waals surface area contributed by atoms with Crippen LogP contribution in [-0.2, 0) is 12.8 Å². The molecule has 0 spiro atoms. The van der Waals surface area contributed by atoms with Crippen molar-refractivity contribution < 1.29 is 15.0 Å². The van der Waals surface area contributed by atoms with Gasteiger partial charge in [-0.15, -0.1) is 22.9 Å². The highest BCUT2D eigenvalue weighted by Gasteiger charge is 2.40. The highest BCUT2D eigenvalue weighted by Crippen LogP contribution is 2.44. The number of thiophene rings is 1. The second-order valence-electron chi connectivity index (χ2n) is 8.60. The molecule has 1 fully saturated rings. The van der Waals surface area contributed by atoms with Crippen LogP contribution >= 0.6 is 22.9 Å². The first-order valence-corrected chi connectivity index (χ1v) is 12.2. The van der Waals surface area contributed by atoms with Crippen LogP contribution in [0.5, 0.6) is 0 Å². The molecule has 160 valence electrons. The van der Waals surface area contributed by atoms with E-state index in [1.807, 2.05) is 6.07 Å². The van der Waals surface area contributed by atoms with Crippen LogP contribution in [0.2, 0.25) is 0 Å². The maximum atomic E-state index is 11.6. The van der Waals surface area contributed by atoms with E-state index in [1.165, 1.54) is 28.0 Å². The summed E-state index contributed by atoms with van der Waals surface area (Å²) < 4.78 is 0. The molecule has 30 heavy (non-hydrogen) atoms. The van der Waals surface area contributed by atoms with Crippen molar-refractivity contribution >= 4 is 40.6 Å². The predicted molar refractivity (Wildman–Crippen MR) is 124 cm³/mol. The number of hydrogen-bond acceptors (Lipinski definition) is 3. The van der Waals surface area contributed by atoms with Crippen LogP contribution in [0.3, 0.4) is 0 Å². The minimum absolute atomic E-state index is 0.0268. The largest absolute Gasteiger partial charge is 0.477 e. The van der Waals surface area contributed by atoms with Gasteiger partial charge in [0.2, 0.25) is 0 Å². The van der Waals surface area contributed by atoms with E-state index in [0.717, 1.165) is 49.0 Å². The number of aryl methyl sites for hydroxylation is 2. The van der Waals surface area contributed by atoms with Crippen molar-refractivity contribution in [1.29, 1.82) is 0 Å². The molecule has 0 radical (unpaired) electrons. The van der Waals surface area contributed by atoms with E-state index in [-0.39, 0.29) is 17.4 Å². The molecule has 2 N–H and O–H groups in total. The zero-order valence-corrected chi connectivity index (χ0v) is 18.9. The third kappa shape index (κ3) is 4.51. The summed E-state index contributed by atoms with van der Waals surface area (Å²) in [6.07, 6.45) is 8.08. The Kier molecular flexibility index (Phi) is 6.66. The Morgan fingerprint density at radius 1 is 1.20 bits per heavy atom. The lowest BCUT2D eigenvalue weighted by Gasteiger charge is -2.24. The van der Waals surface area contributed by atoms with Gasteiger partial charge in [0.15, 0.2) is 0 Å². The molecule has 3 nitrogen and oxygen atoms in total. The summed E-state index contributed by atoms with van der Waals surface area (Å²) in [6.45, 7) is 2.15. The van der Waals surface area contributed by atoms with E-state index in [0.29, 0.717) is 17.2 Å². The fourth-order valence-corrected chi connectivity index (χ4v) is 6.62. The van der Waals surface area contributed by atoms with Gasteiger partial charge in [0, 0.05) is 10.3 Å². The average Bonchev–Trinajstić information content (AvgIpc) is 3.24. The number of carboxylic acids is 1. The summed E-state index contributed by atoms with van der Waals surface area (Å²) in [5.41, 5.74) is 4.73. The van der Waals surface area contributed by atoms with Gasteiger partial charge in [-0.05, 0) is 85.1 Å².